The van der Waals surface area contributed by atoms with Crippen LogP contribution in [0.25, 0.3) is 10.2 Å². The number of aromatic nitrogens is 1. The van der Waals surface area contributed by atoms with Gasteiger partial charge in [0.1, 0.15) is 12.4 Å². The van der Waals surface area contributed by atoms with E-state index in [0.717, 1.165) is 25.8 Å². The Morgan fingerprint density at radius 3 is 2.76 bits per heavy atom. The minimum Gasteiger partial charge on any atom is -0.488 e. The lowest BCUT2D eigenvalue weighted by molar-refractivity contribution is 0.102. The monoisotopic (exact) mass is 440 g/mol. The Morgan fingerprint density at radius 1 is 1.14 bits per heavy atom. The average Bonchev–Trinajstić information content (AvgIpc) is 3.16. The van der Waals surface area contributed by atoms with Gasteiger partial charge in [-0.2, -0.15) is 0 Å². The molecular formula is C22H17ClN2O2S2. The normalized spacial score (nSPS) is 10.8. The van der Waals surface area contributed by atoms with Crippen LogP contribution in [0.3, 0.4) is 0 Å². The van der Waals surface area contributed by atoms with E-state index in [-0.39, 0.29) is 12.5 Å². The fourth-order valence-electron chi connectivity index (χ4n) is 2.82. The first-order valence-electron chi connectivity index (χ1n) is 8.85. The molecule has 0 aliphatic rings. The zero-order valence-corrected chi connectivity index (χ0v) is 17.9. The van der Waals surface area contributed by atoms with Gasteiger partial charge in [-0.05, 0) is 42.7 Å². The van der Waals surface area contributed by atoms with E-state index >= 15 is 0 Å². The zero-order valence-electron chi connectivity index (χ0n) is 15.5. The van der Waals surface area contributed by atoms with E-state index in [0.29, 0.717) is 16.3 Å². The number of anilines is 1. The van der Waals surface area contributed by atoms with Gasteiger partial charge < -0.3 is 10.1 Å². The van der Waals surface area contributed by atoms with Crippen LogP contribution in [-0.4, -0.2) is 17.1 Å². The standard InChI is InChI=1S/C22H17ClN2O2S2/c1-28-22-25-18-11-10-15(12-20(18)29-22)24-21(26)16-7-3-5-9-19(16)27-13-14-6-2-4-8-17(14)23/h2-12H,13H2,1H3,(H,24,26). The summed E-state index contributed by atoms with van der Waals surface area (Å²) < 4.78 is 7.93. The number of halogens is 1. The van der Waals surface area contributed by atoms with Gasteiger partial charge in [-0.15, -0.1) is 11.3 Å². The summed E-state index contributed by atoms with van der Waals surface area (Å²) in [6, 6.07) is 20.4. The molecule has 1 heterocycles. The number of thiazole rings is 1. The topological polar surface area (TPSA) is 51.2 Å². The van der Waals surface area contributed by atoms with Crippen LogP contribution in [0.5, 0.6) is 5.75 Å². The van der Waals surface area contributed by atoms with E-state index < -0.39 is 0 Å². The SMILES string of the molecule is CSc1nc2ccc(NC(=O)c3ccccc3OCc3ccccc3Cl)cc2s1. The van der Waals surface area contributed by atoms with E-state index in [1.165, 1.54) is 0 Å². The number of carbonyl (C=O) groups is 1. The van der Waals surface area contributed by atoms with Crippen molar-refractivity contribution >= 4 is 56.5 Å². The first kappa shape index (κ1) is 19.8. The van der Waals surface area contributed by atoms with Gasteiger partial charge in [0.2, 0.25) is 0 Å². The summed E-state index contributed by atoms with van der Waals surface area (Å²) in [6.07, 6.45) is 2.00. The molecule has 7 heteroatoms. The Labute approximate surface area is 181 Å². The number of fused-ring (bicyclic) bond motifs is 1. The van der Waals surface area contributed by atoms with Crippen molar-refractivity contribution in [3.63, 3.8) is 0 Å². The third-order valence-corrected chi connectivity index (χ3v) is 6.65. The van der Waals surface area contributed by atoms with E-state index in [2.05, 4.69) is 10.3 Å². The molecule has 0 radical (unpaired) electrons. The molecule has 146 valence electrons. The maximum Gasteiger partial charge on any atom is 0.259 e. The smallest absolute Gasteiger partial charge is 0.259 e. The highest BCUT2D eigenvalue weighted by atomic mass is 35.5. The van der Waals surface area contributed by atoms with Crippen molar-refractivity contribution in [2.45, 2.75) is 10.9 Å². The number of para-hydroxylation sites is 1. The lowest BCUT2D eigenvalue weighted by atomic mass is 10.1. The number of hydrogen-bond acceptors (Lipinski definition) is 5. The van der Waals surface area contributed by atoms with Gasteiger partial charge in [0, 0.05) is 16.3 Å². The summed E-state index contributed by atoms with van der Waals surface area (Å²) in [6.45, 7) is 0.286. The number of thioether (sulfide) groups is 1. The van der Waals surface area contributed by atoms with Crippen molar-refractivity contribution < 1.29 is 9.53 Å². The van der Waals surface area contributed by atoms with Gasteiger partial charge in [-0.3, -0.25) is 4.79 Å². The molecule has 29 heavy (non-hydrogen) atoms. The summed E-state index contributed by atoms with van der Waals surface area (Å²) in [7, 11) is 0. The molecule has 0 aliphatic carbocycles. The molecule has 0 fully saturated rings. The molecule has 0 atom stereocenters. The Kier molecular flexibility index (Phi) is 6.04. The highest BCUT2D eigenvalue weighted by molar-refractivity contribution is 8.00. The Bertz CT molecular complexity index is 1180. The van der Waals surface area contributed by atoms with Gasteiger partial charge in [-0.1, -0.05) is 53.7 Å². The minimum absolute atomic E-state index is 0.228. The second-order valence-electron chi connectivity index (χ2n) is 6.20. The molecule has 4 rings (SSSR count). The summed E-state index contributed by atoms with van der Waals surface area (Å²) >= 11 is 9.41. The van der Waals surface area contributed by atoms with Crippen LogP contribution in [0.15, 0.2) is 71.1 Å². The van der Waals surface area contributed by atoms with E-state index in [1.54, 1.807) is 35.2 Å². The summed E-state index contributed by atoms with van der Waals surface area (Å²) in [4.78, 5) is 17.4. The van der Waals surface area contributed by atoms with Crippen LogP contribution >= 0.6 is 34.7 Å². The fourth-order valence-corrected chi connectivity index (χ4v) is 4.54. The van der Waals surface area contributed by atoms with Crippen LogP contribution < -0.4 is 10.1 Å². The van der Waals surface area contributed by atoms with E-state index in [1.807, 2.05) is 60.9 Å². The van der Waals surface area contributed by atoms with Gasteiger partial charge in [0.05, 0.1) is 15.8 Å². The lowest BCUT2D eigenvalue weighted by Gasteiger charge is -2.12. The van der Waals surface area contributed by atoms with Gasteiger partial charge in [-0.25, -0.2) is 4.98 Å². The van der Waals surface area contributed by atoms with Crippen molar-refractivity contribution in [2.75, 3.05) is 11.6 Å². The average molecular weight is 441 g/mol. The molecule has 1 aromatic heterocycles. The third-order valence-electron chi connectivity index (χ3n) is 4.27. The highest BCUT2D eigenvalue weighted by Crippen LogP contribution is 2.30. The van der Waals surface area contributed by atoms with Crippen LogP contribution in [0.2, 0.25) is 5.02 Å². The van der Waals surface area contributed by atoms with Crippen molar-refractivity contribution in [3.05, 3.63) is 82.9 Å². The number of carbonyl (C=O) groups excluding carboxylic acids is 1. The first-order chi connectivity index (χ1) is 14.1. The number of ether oxygens (including phenoxy) is 1. The molecule has 0 bridgehead atoms. The molecule has 0 saturated carbocycles. The van der Waals surface area contributed by atoms with Crippen LogP contribution in [-0.2, 0) is 6.61 Å². The molecule has 1 N–H and O–H groups in total. The number of nitrogens with zero attached hydrogens (tertiary/aromatic N) is 1. The second-order valence-corrected chi connectivity index (χ2v) is 8.69. The molecule has 1 amide bonds. The predicted molar refractivity (Wildman–Crippen MR) is 122 cm³/mol. The largest absolute Gasteiger partial charge is 0.488 e. The van der Waals surface area contributed by atoms with Crippen molar-refractivity contribution in [2.24, 2.45) is 0 Å². The molecule has 4 aromatic rings. The fraction of sp³-hybridized carbons (Fsp3) is 0.0909. The van der Waals surface area contributed by atoms with Crippen molar-refractivity contribution in [1.82, 2.24) is 4.98 Å². The molecule has 0 aliphatic heterocycles. The molecule has 0 unspecified atom stereocenters. The third kappa shape index (κ3) is 4.56. The maximum absolute atomic E-state index is 12.9. The lowest BCUT2D eigenvalue weighted by Crippen LogP contribution is -2.13. The number of hydrogen-bond donors (Lipinski definition) is 1. The van der Waals surface area contributed by atoms with Crippen LogP contribution in [0.1, 0.15) is 15.9 Å². The Balaban J connectivity index is 1.52. The highest BCUT2D eigenvalue weighted by Gasteiger charge is 2.14. The van der Waals surface area contributed by atoms with E-state index in [9.17, 15) is 4.79 Å². The zero-order chi connectivity index (χ0) is 20.2. The molecular weight excluding hydrogens is 424 g/mol. The quantitative estimate of drug-likeness (QED) is 0.347. The van der Waals surface area contributed by atoms with E-state index in [4.69, 9.17) is 16.3 Å². The molecule has 3 aromatic carbocycles. The number of amides is 1. The van der Waals surface area contributed by atoms with Crippen molar-refractivity contribution in [1.29, 1.82) is 0 Å². The summed E-state index contributed by atoms with van der Waals surface area (Å²) in [5.41, 5.74) is 2.99. The van der Waals surface area contributed by atoms with Crippen LogP contribution in [0.4, 0.5) is 5.69 Å². The summed E-state index contributed by atoms with van der Waals surface area (Å²) in [5.74, 6) is 0.280. The van der Waals surface area contributed by atoms with Gasteiger partial charge in [0.25, 0.3) is 5.91 Å². The number of nitrogens with one attached hydrogen (secondary N) is 1. The number of benzene rings is 3. The van der Waals surface area contributed by atoms with Gasteiger partial charge in [0.15, 0.2) is 4.34 Å². The van der Waals surface area contributed by atoms with Crippen LogP contribution in [0, 0.1) is 0 Å². The minimum atomic E-state index is -0.228. The Morgan fingerprint density at radius 2 is 1.93 bits per heavy atom. The Hall–Kier alpha value is -2.54. The predicted octanol–water partition coefficient (Wildman–Crippen LogP) is 6.50. The second kappa shape index (κ2) is 8.86. The number of rotatable bonds is 6. The summed E-state index contributed by atoms with van der Waals surface area (Å²) in [5, 5.41) is 3.59. The molecule has 4 nitrogen and oxygen atoms in total. The van der Waals surface area contributed by atoms with Crippen molar-refractivity contribution in [3.8, 4) is 5.75 Å². The molecule has 0 spiro atoms. The first-order valence-corrected chi connectivity index (χ1v) is 11.3. The maximum atomic E-state index is 12.9. The molecule has 0 saturated heterocycles. The van der Waals surface area contributed by atoms with Gasteiger partial charge >= 0.3 is 0 Å².